The Kier molecular flexibility index (Phi) is 4.34. The maximum atomic E-state index is 12.4. The van der Waals surface area contributed by atoms with Gasteiger partial charge >= 0.3 is 0 Å². The van der Waals surface area contributed by atoms with Gasteiger partial charge in [-0.1, -0.05) is 13.0 Å². The van der Waals surface area contributed by atoms with Crippen molar-refractivity contribution in [3.05, 3.63) is 47.7 Å². The van der Waals surface area contributed by atoms with Crippen LogP contribution in [0.4, 0.5) is 0 Å². The molecular weight excluding hydrogens is 298 g/mol. The molecule has 2 N–H and O–H groups in total. The number of aromatic amines is 1. The molecule has 1 amide bonds. The van der Waals surface area contributed by atoms with Gasteiger partial charge < -0.3 is 5.32 Å². The van der Waals surface area contributed by atoms with Crippen molar-refractivity contribution in [3.63, 3.8) is 0 Å². The predicted octanol–water partition coefficient (Wildman–Crippen LogP) is 2.60. The van der Waals surface area contributed by atoms with Gasteiger partial charge in [0.05, 0.1) is 16.8 Å². The van der Waals surface area contributed by atoms with Crippen molar-refractivity contribution in [2.45, 2.75) is 25.9 Å². The number of hydrogen-bond acceptors (Lipinski definition) is 4. The lowest BCUT2D eigenvalue weighted by Crippen LogP contribution is -2.32. The topological polar surface area (TPSA) is 75.6 Å². The Morgan fingerprint density at radius 1 is 1.50 bits per heavy atom. The minimum atomic E-state index is -0.285. The maximum Gasteiger partial charge on any atom is 0.245 e. The molecule has 0 aliphatic carbocycles. The number of carbonyl (C=O) groups excluding carboxylic acids is 1. The lowest BCUT2D eigenvalue weighted by molar-refractivity contribution is -0.124. The number of rotatable bonds is 6. The Bertz CT molecular complexity index is 717. The fourth-order valence-electron chi connectivity index (χ4n) is 2.34. The Morgan fingerprint density at radius 3 is 3.09 bits per heavy atom. The highest BCUT2D eigenvalue weighted by atomic mass is 32.1. The molecule has 0 aliphatic rings. The molecule has 0 saturated carbocycles. The molecule has 7 heteroatoms. The molecule has 3 heterocycles. The van der Waals surface area contributed by atoms with Gasteiger partial charge in [0.15, 0.2) is 0 Å². The summed E-state index contributed by atoms with van der Waals surface area (Å²) in [5.41, 5.74) is 1.94. The van der Waals surface area contributed by atoms with Crippen LogP contribution in [0.15, 0.2) is 42.2 Å². The van der Waals surface area contributed by atoms with Crippen LogP contribution >= 0.6 is 11.3 Å². The second-order valence-corrected chi connectivity index (χ2v) is 5.82. The van der Waals surface area contributed by atoms with E-state index in [2.05, 4.69) is 20.6 Å². The van der Waals surface area contributed by atoms with Gasteiger partial charge in [0.25, 0.3) is 0 Å². The molecule has 0 bridgehead atoms. The van der Waals surface area contributed by atoms with E-state index in [-0.39, 0.29) is 11.9 Å². The second kappa shape index (κ2) is 6.57. The van der Waals surface area contributed by atoms with E-state index in [4.69, 9.17) is 0 Å². The van der Waals surface area contributed by atoms with Crippen LogP contribution in [0.1, 0.15) is 24.9 Å². The van der Waals surface area contributed by atoms with Crippen molar-refractivity contribution in [3.8, 4) is 10.6 Å². The van der Waals surface area contributed by atoms with Gasteiger partial charge in [0, 0.05) is 24.5 Å². The summed E-state index contributed by atoms with van der Waals surface area (Å²) in [5.74, 6) is -0.0375. The third-order valence-corrected chi connectivity index (χ3v) is 4.36. The Hall–Kier alpha value is -2.41. The smallest absolute Gasteiger partial charge is 0.245 e. The number of amides is 1. The highest BCUT2D eigenvalue weighted by Gasteiger charge is 2.19. The molecule has 0 radical (unpaired) electrons. The van der Waals surface area contributed by atoms with E-state index in [9.17, 15) is 4.79 Å². The molecule has 1 atom stereocenters. The first-order chi connectivity index (χ1) is 10.8. The van der Waals surface area contributed by atoms with Crippen LogP contribution in [0.2, 0.25) is 0 Å². The van der Waals surface area contributed by atoms with Gasteiger partial charge in [-0.25, -0.2) is 0 Å². The van der Waals surface area contributed by atoms with Crippen molar-refractivity contribution >= 4 is 17.2 Å². The van der Waals surface area contributed by atoms with E-state index in [0.29, 0.717) is 13.0 Å². The summed E-state index contributed by atoms with van der Waals surface area (Å²) in [4.78, 5) is 13.5. The molecule has 6 nitrogen and oxygen atoms in total. The van der Waals surface area contributed by atoms with Crippen molar-refractivity contribution in [2.75, 3.05) is 0 Å². The van der Waals surface area contributed by atoms with Gasteiger partial charge in [-0.2, -0.15) is 10.2 Å². The van der Waals surface area contributed by atoms with Crippen molar-refractivity contribution in [1.29, 1.82) is 0 Å². The first-order valence-electron chi connectivity index (χ1n) is 7.12. The van der Waals surface area contributed by atoms with Crippen LogP contribution in [-0.4, -0.2) is 25.9 Å². The zero-order chi connectivity index (χ0) is 15.4. The number of carbonyl (C=O) groups is 1. The van der Waals surface area contributed by atoms with Crippen LogP contribution in [-0.2, 0) is 11.3 Å². The lowest BCUT2D eigenvalue weighted by Gasteiger charge is -2.15. The standard InChI is InChI=1S/C15H17N5OS/c1-2-12(20-7-4-6-18-20)15(21)16-9-11-10-17-19-14(11)13-5-3-8-22-13/h3-8,10,12H,2,9H2,1H3,(H,16,21)(H,17,19). The number of nitrogens with zero attached hydrogens (tertiary/aromatic N) is 3. The first-order valence-corrected chi connectivity index (χ1v) is 8.00. The van der Waals surface area contributed by atoms with Crippen LogP contribution in [0, 0.1) is 0 Å². The molecular formula is C15H17N5OS. The van der Waals surface area contributed by atoms with Gasteiger partial charge in [0.1, 0.15) is 6.04 Å². The van der Waals surface area contributed by atoms with E-state index in [1.54, 1.807) is 28.4 Å². The monoisotopic (exact) mass is 315 g/mol. The average Bonchev–Trinajstić information content (AvgIpc) is 3.26. The Balaban J connectivity index is 1.68. The Morgan fingerprint density at radius 2 is 2.41 bits per heavy atom. The lowest BCUT2D eigenvalue weighted by atomic mass is 10.2. The molecule has 0 fully saturated rings. The summed E-state index contributed by atoms with van der Waals surface area (Å²) in [6.45, 7) is 2.42. The van der Waals surface area contributed by atoms with E-state index < -0.39 is 0 Å². The number of aromatic nitrogens is 4. The van der Waals surface area contributed by atoms with E-state index >= 15 is 0 Å². The second-order valence-electron chi connectivity index (χ2n) is 4.88. The zero-order valence-corrected chi connectivity index (χ0v) is 13.0. The van der Waals surface area contributed by atoms with Crippen molar-refractivity contribution in [1.82, 2.24) is 25.3 Å². The van der Waals surface area contributed by atoms with Crippen molar-refractivity contribution in [2.24, 2.45) is 0 Å². The molecule has 1 unspecified atom stereocenters. The summed E-state index contributed by atoms with van der Waals surface area (Å²) in [6.07, 6.45) is 5.93. The maximum absolute atomic E-state index is 12.4. The number of hydrogen-bond donors (Lipinski definition) is 2. The summed E-state index contributed by atoms with van der Waals surface area (Å²) in [6, 6.07) is 5.56. The fraction of sp³-hybridized carbons (Fsp3) is 0.267. The molecule has 0 spiro atoms. The third kappa shape index (κ3) is 2.94. The molecule has 0 aliphatic heterocycles. The fourth-order valence-corrected chi connectivity index (χ4v) is 3.09. The minimum Gasteiger partial charge on any atom is -0.350 e. The van der Waals surface area contributed by atoms with Crippen LogP contribution in [0.25, 0.3) is 10.6 Å². The first kappa shape index (κ1) is 14.5. The molecule has 3 rings (SSSR count). The number of thiophene rings is 1. The summed E-state index contributed by atoms with van der Waals surface area (Å²) in [7, 11) is 0. The molecule has 3 aromatic rings. The largest absolute Gasteiger partial charge is 0.350 e. The van der Waals surface area contributed by atoms with Crippen molar-refractivity contribution < 1.29 is 4.79 Å². The minimum absolute atomic E-state index is 0.0375. The average molecular weight is 315 g/mol. The molecule has 114 valence electrons. The Labute approximate surface area is 132 Å². The van der Waals surface area contributed by atoms with Gasteiger partial charge in [-0.3, -0.25) is 14.6 Å². The highest BCUT2D eigenvalue weighted by molar-refractivity contribution is 7.13. The number of H-pyrrole nitrogens is 1. The van der Waals surface area contributed by atoms with Gasteiger partial charge in [-0.05, 0) is 23.9 Å². The van der Waals surface area contributed by atoms with Crippen LogP contribution < -0.4 is 5.32 Å². The molecule has 0 aromatic carbocycles. The third-order valence-electron chi connectivity index (χ3n) is 3.47. The van der Waals surface area contributed by atoms with E-state index in [0.717, 1.165) is 16.1 Å². The summed E-state index contributed by atoms with van der Waals surface area (Å²) >= 11 is 1.64. The molecule has 0 saturated heterocycles. The molecule has 22 heavy (non-hydrogen) atoms. The highest BCUT2D eigenvalue weighted by Crippen LogP contribution is 2.25. The van der Waals surface area contributed by atoms with E-state index in [1.807, 2.05) is 36.7 Å². The predicted molar refractivity (Wildman–Crippen MR) is 85.3 cm³/mol. The van der Waals surface area contributed by atoms with Gasteiger partial charge in [0.2, 0.25) is 5.91 Å². The normalized spacial score (nSPS) is 12.2. The van der Waals surface area contributed by atoms with Crippen LogP contribution in [0.3, 0.4) is 0 Å². The zero-order valence-electron chi connectivity index (χ0n) is 12.2. The quantitative estimate of drug-likeness (QED) is 0.734. The summed E-state index contributed by atoms with van der Waals surface area (Å²) in [5, 5.41) is 16.2. The SMILES string of the molecule is CCC(C(=O)NCc1cn[nH]c1-c1cccs1)n1cccn1. The van der Waals surface area contributed by atoms with Crippen LogP contribution in [0.5, 0.6) is 0 Å². The van der Waals surface area contributed by atoms with E-state index in [1.165, 1.54) is 0 Å². The number of nitrogens with one attached hydrogen (secondary N) is 2. The molecule has 3 aromatic heterocycles. The van der Waals surface area contributed by atoms with Gasteiger partial charge in [-0.15, -0.1) is 11.3 Å². The summed E-state index contributed by atoms with van der Waals surface area (Å²) < 4.78 is 1.69.